The number of anilines is 1. The zero-order chi connectivity index (χ0) is 10.4. The largest absolute Gasteiger partial charge is 0.399 e. The number of nitrogen functional groups attached to an aromatic ring is 1. The van der Waals surface area contributed by atoms with Gasteiger partial charge in [-0.2, -0.15) is 5.26 Å². The highest BCUT2D eigenvalue weighted by Crippen LogP contribution is 2.10. The molecule has 0 radical (unpaired) electrons. The Morgan fingerprint density at radius 2 is 2.07 bits per heavy atom. The fourth-order valence-corrected chi connectivity index (χ4v) is 1.13. The van der Waals surface area contributed by atoms with Crippen LogP contribution in [0.5, 0.6) is 0 Å². The van der Waals surface area contributed by atoms with Crippen molar-refractivity contribution in [1.29, 1.82) is 5.26 Å². The molecule has 0 saturated heterocycles. The summed E-state index contributed by atoms with van der Waals surface area (Å²) >= 11 is 0. The lowest BCUT2D eigenvalue weighted by atomic mass is 10.1. The Hall–Kier alpha value is -2.01. The number of benzene rings is 1. The molecule has 0 bridgehead atoms. The molecule has 0 aromatic heterocycles. The summed E-state index contributed by atoms with van der Waals surface area (Å²) in [5.74, 6) is 0. The van der Waals surface area contributed by atoms with Crippen LogP contribution in [0.25, 0.3) is 0 Å². The average molecular weight is 184 g/mol. The van der Waals surface area contributed by atoms with Crippen LogP contribution in [-0.2, 0) is 6.42 Å². The Morgan fingerprint density at radius 1 is 1.43 bits per heavy atom. The van der Waals surface area contributed by atoms with Crippen LogP contribution < -0.4 is 5.73 Å². The summed E-state index contributed by atoms with van der Waals surface area (Å²) in [7, 11) is 0. The van der Waals surface area contributed by atoms with Crippen molar-refractivity contribution in [3.8, 4) is 6.07 Å². The van der Waals surface area contributed by atoms with Crippen molar-refractivity contribution < 1.29 is 0 Å². The van der Waals surface area contributed by atoms with E-state index in [1.54, 1.807) is 12.2 Å². The predicted octanol–water partition coefficient (Wildman–Crippen LogP) is 2.45. The summed E-state index contributed by atoms with van der Waals surface area (Å²) in [6, 6.07) is 9.63. The fraction of sp³-hybridized carbons (Fsp3) is 0.0833. The van der Waals surface area contributed by atoms with Crippen LogP contribution in [0.3, 0.4) is 0 Å². The van der Waals surface area contributed by atoms with E-state index in [9.17, 15) is 0 Å². The van der Waals surface area contributed by atoms with Gasteiger partial charge in [-0.3, -0.25) is 0 Å². The number of hydrogen-bond acceptors (Lipinski definition) is 2. The molecule has 0 heterocycles. The maximum atomic E-state index is 8.78. The molecule has 0 aliphatic carbocycles. The lowest BCUT2D eigenvalue weighted by molar-refractivity contribution is 1.20. The van der Waals surface area contributed by atoms with Crippen LogP contribution in [0.4, 0.5) is 5.69 Å². The Balaban J connectivity index is 2.79. The molecule has 2 N–H and O–H groups in total. The van der Waals surface area contributed by atoms with Crippen molar-refractivity contribution in [3.63, 3.8) is 0 Å². The molecule has 14 heavy (non-hydrogen) atoms. The molecule has 0 amide bonds. The number of allylic oxidation sites excluding steroid dienone is 3. The zero-order valence-electron chi connectivity index (χ0n) is 7.90. The minimum Gasteiger partial charge on any atom is -0.399 e. The van der Waals surface area contributed by atoms with Gasteiger partial charge >= 0.3 is 0 Å². The average Bonchev–Trinajstić information content (AvgIpc) is 2.20. The molecule has 0 aliphatic heterocycles. The van der Waals surface area contributed by atoms with Crippen molar-refractivity contribution in [2.45, 2.75) is 6.42 Å². The van der Waals surface area contributed by atoms with Crippen molar-refractivity contribution in [2.24, 2.45) is 0 Å². The van der Waals surface area contributed by atoms with Crippen molar-refractivity contribution in [1.82, 2.24) is 0 Å². The highest BCUT2D eigenvalue weighted by molar-refractivity contribution is 5.41. The SMILES string of the molecule is C=C/C=C(/C#N)Cc1ccc(N)cc1. The molecule has 0 spiro atoms. The first-order valence-corrected chi connectivity index (χ1v) is 4.32. The van der Waals surface area contributed by atoms with Gasteiger partial charge in [-0.1, -0.05) is 24.8 Å². The van der Waals surface area contributed by atoms with Gasteiger partial charge in [0, 0.05) is 17.7 Å². The predicted molar refractivity (Wildman–Crippen MR) is 58.5 cm³/mol. The summed E-state index contributed by atoms with van der Waals surface area (Å²) in [6.07, 6.45) is 3.97. The molecule has 0 unspecified atom stereocenters. The third-order valence-electron chi connectivity index (χ3n) is 1.84. The lowest BCUT2D eigenvalue weighted by Gasteiger charge is -1.99. The van der Waals surface area contributed by atoms with E-state index in [2.05, 4.69) is 12.6 Å². The van der Waals surface area contributed by atoms with Crippen LogP contribution in [0.1, 0.15) is 5.56 Å². The van der Waals surface area contributed by atoms with E-state index in [1.807, 2.05) is 24.3 Å². The van der Waals surface area contributed by atoms with Gasteiger partial charge in [0.15, 0.2) is 0 Å². The van der Waals surface area contributed by atoms with E-state index in [4.69, 9.17) is 11.0 Å². The summed E-state index contributed by atoms with van der Waals surface area (Å²) < 4.78 is 0. The van der Waals surface area contributed by atoms with Crippen LogP contribution in [-0.4, -0.2) is 0 Å². The minimum atomic E-state index is 0.628. The van der Waals surface area contributed by atoms with Crippen LogP contribution in [0, 0.1) is 11.3 Å². The molecular formula is C12H12N2. The van der Waals surface area contributed by atoms with E-state index in [0.717, 1.165) is 11.3 Å². The van der Waals surface area contributed by atoms with Crippen molar-refractivity contribution in [3.05, 3.63) is 54.1 Å². The van der Waals surface area contributed by atoms with E-state index in [-0.39, 0.29) is 0 Å². The van der Waals surface area contributed by atoms with E-state index in [1.165, 1.54) is 0 Å². The third-order valence-corrected chi connectivity index (χ3v) is 1.84. The molecule has 0 saturated carbocycles. The fourth-order valence-electron chi connectivity index (χ4n) is 1.13. The summed E-state index contributed by atoms with van der Waals surface area (Å²) in [5, 5.41) is 8.78. The standard InChI is InChI=1S/C12H12N2/c1-2-3-11(9-13)8-10-4-6-12(14)7-5-10/h2-7H,1,8,14H2/b11-3+. The van der Waals surface area contributed by atoms with Gasteiger partial charge in [0.2, 0.25) is 0 Å². The highest BCUT2D eigenvalue weighted by atomic mass is 14.5. The summed E-state index contributed by atoms with van der Waals surface area (Å²) in [6.45, 7) is 3.56. The molecule has 0 aliphatic rings. The molecule has 1 aromatic carbocycles. The Morgan fingerprint density at radius 3 is 2.57 bits per heavy atom. The van der Waals surface area contributed by atoms with Gasteiger partial charge in [0.05, 0.1) is 6.07 Å². The Labute approximate surface area is 84.0 Å². The monoisotopic (exact) mass is 184 g/mol. The maximum absolute atomic E-state index is 8.78. The third kappa shape index (κ3) is 2.80. The quantitative estimate of drug-likeness (QED) is 0.445. The molecule has 0 fully saturated rings. The topological polar surface area (TPSA) is 49.8 Å². The van der Waals surface area contributed by atoms with Gasteiger partial charge in [-0.05, 0) is 23.8 Å². The lowest BCUT2D eigenvalue weighted by Crippen LogP contribution is -1.89. The van der Waals surface area contributed by atoms with Crippen molar-refractivity contribution in [2.75, 3.05) is 5.73 Å². The molecule has 2 nitrogen and oxygen atoms in total. The number of nitriles is 1. The number of rotatable bonds is 3. The zero-order valence-corrected chi connectivity index (χ0v) is 7.90. The second-order valence-electron chi connectivity index (χ2n) is 2.96. The highest BCUT2D eigenvalue weighted by Gasteiger charge is 1.97. The van der Waals surface area contributed by atoms with Crippen LogP contribution in [0.2, 0.25) is 0 Å². The molecule has 0 atom stereocenters. The van der Waals surface area contributed by atoms with Gasteiger partial charge in [-0.25, -0.2) is 0 Å². The number of nitrogens with zero attached hydrogens (tertiary/aromatic N) is 1. The first kappa shape index (κ1) is 10.1. The second-order valence-corrected chi connectivity index (χ2v) is 2.96. The van der Waals surface area contributed by atoms with Crippen molar-refractivity contribution >= 4 is 5.69 Å². The molecule has 1 rings (SSSR count). The molecule has 1 aromatic rings. The minimum absolute atomic E-state index is 0.628. The Kier molecular flexibility index (Phi) is 3.51. The van der Waals surface area contributed by atoms with Gasteiger partial charge in [0.1, 0.15) is 0 Å². The molecular weight excluding hydrogens is 172 g/mol. The van der Waals surface area contributed by atoms with Gasteiger partial charge in [0.25, 0.3) is 0 Å². The number of hydrogen-bond donors (Lipinski definition) is 1. The van der Waals surface area contributed by atoms with E-state index in [0.29, 0.717) is 12.0 Å². The van der Waals surface area contributed by atoms with Crippen LogP contribution >= 0.6 is 0 Å². The number of nitrogens with two attached hydrogens (primary N) is 1. The first-order valence-electron chi connectivity index (χ1n) is 4.32. The van der Waals surface area contributed by atoms with E-state index >= 15 is 0 Å². The second kappa shape index (κ2) is 4.88. The Bertz CT molecular complexity index is 380. The van der Waals surface area contributed by atoms with Crippen LogP contribution in [0.15, 0.2) is 48.6 Å². The smallest absolute Gasteiger partial charge is 0.0950 e. The summed E-state index contributed by atoms with van der Waals surface area (Å²) in [4.78, 5) is 0. The van der Waals surface area contributed by atoms with Gasteiger partial charge in [-0.15, -0.1) is 0 Å². The summed E-state index contributed by atoms with van der Waals surface area (Å²) in [5.41, 5.74) is 8.07. The van der Waals surface area contributed by atoms with E-state index < -0.39 is 0 Å². The maximum Gasteiger partial charge on any atom is 0.0950 e. The molecule has 2 heteroatoms. The normalized spacial score (nSPS) is 10.6. The molecule has 70 valence electrons. The first-order chi connectivity index (χ1) is 6.76. The van der Waals surface area contributed by atoms with Gasteiger partial charge < -0.3 is 5.73 Å².